The Kier molecular flexibility index (Phi) is 6.03. The molecule has 170 valence electrons. The fourth-order valence-electron chi connectivity index (χ4n) is 5.37. The number of rotatable bonds is 6. The molecule has 1 aromatic heterocycles. The van der Waals surface area contributed by atoms with Crippen molar-refractivity contribution in [3.63, 3.8) is 0 Å². The molecule has 0 radical (unpaired) electrons. The van der Waals surface area contributed by atoms with Crippen LogP contribution in [0.2, 0.25) is 0 Å². The maximum absolute atomic E-state index is 11.0. The van der Waals surface area contributed by atoms with Crippen LogP contribution in [0.15, 0.2) is 60.2 Å². The lowest BCUT2D eigenvalue weighted by Crippen LogP contribution is -2.19. The molecule has 2 aliphatic rings. The van der Waals surface area contributed by atoms with Gasteiger partial charge in [0.2, 0.25) is 0 Å². The van der Waals surface area contributed by atoms with Crippen LogP contribution in [0.5, 0.6) is 5.75 Å². The Morgan fingerprint density at radius 1 is 1.03 bits per heavy atom. The molecule has 0 spiro atoms. The molecule has 5 rings (SSSR count). The van der Waals surface area contributed by atoms with Crippen LogP contribution >= 0.6 is 0 Å². The molecule has 2 N–H and O–H groups in total. The highest BCUT2D eigenvalue weighted by Crippen LogP contribution is 2.39. The van der Waals surface area contributed by atoms with Crippen molar-refractivity contribution in [3.05, 3.63) is 65.8 Å². The number of benzene rings is 2. The second-order valence-electron chi connectivity index (χ2n) is 9.27. The van der Waals surface area contributed by atoms with E-state index < -0.39 is 5.97 Å². The Bertz CT molecular complexity index is 1210. The lowest BCUT2D eigenvalue weighted by molar-refractivity contribution is -0.138. The van der Waals surface area contributed by atoms with Gasteiger partial charge in [0, 0.05) is 12.0 Å². The van der Waals surface area contributed by atoms with E-state index in [2.05, 4.69) is 41.4 Å². The molecule has 33 heavy (non-hydrogen) atoms. The monoisotopic (exact) mass is 442 g/mol. The predicted molar refractivity (Wildman–Crippen MR) is 131 cm³/mol. The number of para-hydroxylation sites is 1. The van der Waals surface area contributed by atoms with E-state index in [1.54, 1.807) is 12.7 Å². The SMILES string of the molecule is COc1cccc2[nH]c(-c3ccc(C4=CC=C(C5CCC(CC(=O)O)CC5)CC4)cc3)nc12. The van der Waals surface area contributed by atoms with Crippen molar-refractivity contribution in [1.82, 2.24) is 9.97 Å². The number of carbonyl (C=O) groups is 1. The van der Waals surface area contributed by atoms with Crippen LogP contribution in [-0.2, 0) is 4.79 Å². The smallest absolute Gasteiger partial charge is 0.303 e. The topological polar surface area (TPSA) is 75.2 Å². The highest BCUT2D eigenvalue weighted by molar-refractivity contribution is 5.85. The summed E-state index contributed by atoms with van der Waals surface area (Å²) in [7, 11) is 1.67. The molecule has 0 aliphatic heterocycles. The van der Waals surface area contributed by atoms with Gasteiger partial charge in [-0.25, -0.2) is 4.98 Å². The number of carboxylic acids is 1. The summed E-state index contributed by atoms with van der Waals surface area (Å²) in [5, 5.41) is 9.02. The van der Waals surface area contributed by atoms with Gasteiger partial charge >= 0.3 is 5.97 Å². The van der Waals surface area contributed by atoms with E-state index in [1.807, 2.05) is 18.2 Å². The molecule has 0 atom stereocenters. The summed E-state index contributed by atoms with van der Waals surface area (Å²) in [6.07, 6.45) is 11.4. The number of nitrogens with one attached hydrogen (secondary N) is 1. The number of aliphatic carboxylic acids is 1. The van der Waals surface area contributed by atoms with Crippen LogP contribution < -0.4 is 4.74 Å². The van der Waals surface area contributed by atoms with E-state index in [0.717, 1.165) is 66.7 Å². The van der Waals surface area contributed by atoms with Crippen LogP contribution in [0.1, 0.15) is 50.5 Å². The van der Waals surface area contributed by atoms with Crippen molar-refractivity contribution in [2.24, 2.45) is 11.8 Å². The van der Waals surface area contributed by atoms with Gasteiger partial charge in [-0.15, -0.1) is 0 Å². The normalized spacial score (nSPS) is 20.9. The van der Waals surface area contributed by atoms with Gasteiger partial charge in [-0.2, -0.15) is 0 Å². The molecule has 5 heteroatoms. The van der Waals surface area contributed by atoms with Gasteiger partial charge < -0.3 is 14.8 Å². The van der Waals surface area contributed by atoms with Crippen molar-refractivity contribution in [2.75, 3.05) is 7.11 Å². The fourth-order valence-corrected chi connectivity index (χ4v) is 5.37. The number of methoxy groups -OCH3 is 1. The van der Waals surface area contributed by atoms with Gasteiger partial charge in [0.15, 0.2) is 0 Å². The minimum atomic E-state index is -0.658. The number of carboxylic acid groups (broad SMARTS) is 1. The number of nitrogens with zero attached hydrogens (tertiary/aromatic N) is 1. The molecule has 5 nitrogen and oxygen atoms in total. The third-order valence-electron chi connectivity index (χ3n) is 7.24. The van der Waals surface area contributed by atoms with E-state index in [1.165, 1.54) is 11.1 Å². The first kappa shape index (κ1) is 21.5. The fraction of sp³-hybridized carbons (Fsp3) is 0.357. The van der Waals surface area contributed by atoms with Gasteiger partial charge in [0.25, 0.3) is 0 Å². The van der Waals surface area contributed by atoms with Gasteiger partial charge in [-0.3, -0.25) is 4.79 Å². The molecule has 2 aliphatic carbocycles. The highest BCUT2D eigenvalue weighted by atomic mass is 16.5. The predicted octanol–water partition coefficient (Wildman–Crippen LogP) is 6.62. The first-order valence-electron chi connectivity index (χ1n) is 11.9. The molecule has 0 bridgehead atoms. The van der Waals surface area contributed by atoms with Crippen LogP contribution in [0.3, 0.4) is 0 Å². The zero-order valence-corrected chi connectivity index (χ0v) is 19.0. The van der Waals surface area contributed by atoms with Crippen LogP contribution in [0, 0.1) is 11.8 Å². The number of H-pyrrole nitrogens is 1. The molecule has 1 saturated carbocycles. The quantitative estimate of drug-likeness (QED) is 0.450. The summed E-state index contributed by atoms with van der Waals surface area (Å²) in [4.78, 5) is 19.1. The van der Waals surface area contributed by atoms with Crippen molar-refractivity contribution in [3.8, 4) is 17.1 Å². The lowest BCUT2D eigenvalue weighted by Gasteiger charge is -2.30. The van der Waals surface area contributed by atoms with Gasteiger partial charge in [-0.1, -0.05) is 48.1 Å². The van der Waals surface area contributed by atoms with Crippen molar-refractivity contribution < 1.29 is 14.6 Å². The average molecular weight is 443 g/mol. The molecule has 0 unspecified atom stereocenters. The second-order valence-corrected chi connectivity index (χ2v) is 9.27. The third-order valence-corrected chi connectivity index (χ3v) is 7.24. The number of ether oxygens (including phenoxy) is 1. The largest absolute Gasteiger partial charge is 0.494 e. The maximum atomic E-state index is 11.0. The first-order chi connectivity index (χ1) is 16.1. The molecule has 1 heterocycles. The van der Waals surface area contributed by atoms with Gasteiger partial charge in [-0.05, 0) is 73.6 Å². The van der Waals surface area contributed by atoms with Gasteiger partial charge in [0.1, 0.15) is 17.1 Å². The number of hydrogen-bond acceptors (Lipinski definition) is 3. The zero-order chi connectivity index (χ0) is 22.8. The molecular weight excluding hydrogens is 412 g/mol. The van der Waals surface area contributed by atoms with E-state index in [0.29, 0.717) is 18.3 Å². The molecule has 1 fully saturated rings. The Morgan fingerprint density at radius 3 is 2.45 bits per heavy atom. The van der Waals surface area contributed by atoms with Crippen molar-refractivity contribution in [1.29, 1.82) is 0 Å². The van der Waals surface area contributed by atoms with E-state index in [-0.39, 0.29) is 0 Å². The lowest BCUT2D eigenvalue weighted by atomic mass is 9.75. The van der Waals surface area contributed by atoms with E-state index >= 15 is 0 Å². The molecular formula is C28H30N2O3. The summed E-state index contributed by atoms with van der Waals surface area (Å²) >= 11 is 0. The summed E-state index contributed by atoms with van der Waals surface area (Å²) in [5.41, 5.74) is 7.05. The van der Waals surface area contributed by atoms with Crippen LogP contribution in [-0.4, -0.2) is 28.2 Å². The molecule has 0 amide bonds. The highest BCUT2D eigenvalue weighted by Gasteiger charge is 2.26. The Balaban J connectivity index is 1.27. The molecule has 2 aromatic carbocycles. The molecule has 3 aromatic rings. The summed E-state index contributed by atoms with van der Waals surface area (Å²) < 4.78 is 5.43. The minimum absolute atomic E-state index is 0.327. The van der Waals surface area contributed by atoms with Crippen LogP contribution in [0.4, 0.5) is 0 Å². The average Bonchev–Trinajstić information content (AvgIpc) is 3.29. The first-order valence-corrected chi connectivity index (χ1v) is 11.9. The Hall–Kier alpha value is -3.34. The summed E-state index contributed by atoms with van der Waals surface area (Å²) in [5.74, 6) is 1.95. The van der Waals surface area contributed by atoms with Crippen LogP contribution in [0.25, 0.3) is 28.0 Å². The zero-order valence-electron chi connectivity index (χ0n) is 19.0. The standard InChI is InChI=1S/C28H30N2O3/c1-33-25-4-2-3-24-27(25)30-28(29-24)23-15-13-22(14-16-23)21-11-9-20(10-12-21)19-7-5-18(6-8-19)17-26(31)32/h2-4,9,11,13-16,18-19H,5-8,10,12,17H2,1H3,(H,29,30)(H,31,32). The van der Waals surface area contributed by atoms with Crippen molar-refractivity contribution in [2.45, 2.75) is 44.9 Å². The third kappa shape index (κ3) is 4.58. The van der Waals surface area contributed by atoms with Crippen molar-refractivity contribution >= 4 is 22.6 Å². The second kappa shape index (κ2) is 9.26. The number of fused-ring (bicyclic) bond motifs is 1. The number of aromatic nitrogens is 2. The van der Waals surface area contributed by atoms with E-state index in [9.17, 15) is 4.79 Å². The number of allylic oxidation sites excluding steroid dienone is 4. The number of imidazole rings is 1. The maximum Gasteiger partial charge on any atom is 0.303 e. The number of aromatic amines is 1. The summed E-state index contributed by atoms with van der Waals surface area (Å²) in [6, 6.07) is 14.5. The summed E-state index contributed by atoms with van der Waals surface area (Å²) in [6.45, 7) is 0. The van der Waals surface area contributed by atoms with E-state index in [4.69, 9.17) is 14.8 Å². The Morgan fingerprint density at radius 2 is 1.79 bits per heavy atom. The van der Waals surface area contributed by atoms with Gasteiger partial charge in [0.05, 0.1) is 12.6 Å². The number of hydrogen-bond donors (Lipinski definition) is 2. The minimum Gasteiger partial charge on any atom is -0.494 e. The molecule has 0 saturated heterocycles. The Labute approximate surface area is 194 Å².